The third-order valence-electron chi connectivity index (χ3n) is 7.24. The molecule has 6 aromatic carbocycles. The van der Waals surface area contributed by atoms with Gasteiger partial charge in [0.2, 0.25) is 0 Å². The molecule has 2 heterocycles. The molecule has 0 aliphatic carbocycles. The van der Waals surface area contributed by atoms with Gasteiger partial charge in [-0.05, 0) is 65.4 Å². The van der Waals surface area contributed by atoms with E-state index in [2.05, 4.69) is 102 Å². The normalized spacial score (nSPS) is 11.8. The number of anilines is 3. The lowest BCUT2D eigenvalue weighted by atomic mass is 10.0. The van der Waals surface area contributed by atoms with Crippen LogP contribution in [0.4, 0.5) is 17.1 Å². The quantitative estimate of drug-likeness (QED) is 0.255. The summed E-state index contributed by atoms with van der Waals surface area (Å²) in [6, 6.07) is 44.2. The van der Waals surface area contributed by atoms with Gasteiger partial charge in [0, 0.05) is 27.5 Å². The molecule has 0 radical (unpaired) electrons. The third-order valence-corrected chi connectivity index (χ3v) is 7.24. The predicted molar refractivity (Wildman–Crippen MR) is 153 cm³/mol. The highest BCUT2D eigenvalue weighted by molar-refractivity contribution is 6.20. The van der Waals surface area contributed by atoms with Crippen LogP contribution in [0.5, 0.6) is 0 Å². The number of para-hydroxylation sites is 3. The van der Waals surface area contributed by atoms with E-state index in [1.165, 1.54) is 10.8 Å². The smallest absolute Gasteiger partial charge is 0.137 e. The highest BCUT2D eigenvalue weighted by Gasteiger charge is 2.20. The molecular weight excluding hydrogens is 454 g/mol. The van der Waals surface area contributed by atoms with Gasteiger partial charge in [0.15, 0.2) is 0 Å². The van der Waals surface area contributed by atoms with Crippen molar-refractivity contribution in [3.63, 3.8) is 0 Å². The first-order valence-corrected chi connectivity index (χ1v) is 12.4. The average molecular weight is 476 g/mol. The van der Waals surface area contributed by atoms with Crippen molar-refractivity contribution in [2.75, 3.05) is 4.90 Å². The van der Waals surface area contributed by atoms with Crippen LogP contribution >= 0.6 is 0 Å². The molecule has 0 amide bonds. The third kappa shape index (κ3) is 3.01. The van der Waals surface area contributed by atoms with Gasteiger partial charge in [0.05, 0.1) is 11.1 Å². The maximum Gasteiger partial charge on any atom is 0.137 e. The van der Waals surface area contributed by atoms with Crippen LogP contribution in [0, 0.1) is 0 Å². The summed E-state index contributed by atoms with van der Waals surface area (Å²) in [6.07, 6.45) is 0. The van der Waals surface area contributed by atoms with E-state index < -0.39 is 0 Å². The molecule has 0 spiro atoms. The fraction of sp³-hybridized carbons (Fsp3) is 0. The van der Waals surface area contributed by atoms with Gasteiger partial charge in [-0.25, -0.2) is 0 Å². The van der Waals surface area contributed by atoms with Crippen LogP contribution in [0.15, 0.2) is 136 Å². The van der Waals surface area contributed by atoms with Crippen molar-refractivity contribution in [3.8, 4) is 0 Å². The van der Waals surface area contributed by atoms with Crippen LogP contribution in [0.3, 0.4) is 0 Å². The fourth-order valence-electron chi connectivity index (χ4n) is 5.62. The van der Waals surface area contributed by atoms with Gasteiger partial charge in [0.1, 0.15) is 22.3 Å². The Balaban J connectivity index is 1.46. The number of rotatable bonds is 3. The largest absolute Gasteiger partial charge is 0.456 e. The molecule has 0 atom stereocenters. The standard InChI is InChI=1S/C34H21NO2/c1-2-9-23(10-3-1)35(28-13-8-16-31-34(28)26-12-5-7-15-30(26)36-31)24-19-17-22-18-20-32-33(27(22)21-24)25-11-4-6-14-29(25)37-32/h1-21H. The van der Waals surface area contributed by atoms with E-state index in [1.54, 1.807) is 0 Å². The second-order valence-corrected chi connectivity index (χ2v) is 9.36. The van der Waals surface area contributed by atoms with E-state index in [0.717, 1.165) is 60.9 Å². The van der Waals surface area contributed by atoms with Crippen molar-refractivity contribution < 1.29 is 8.83 Å². The monoisotopic (exact) mass is 475 g/mol. The van der Waals surface area contributed by atoms with Crippen LogP contribution < -0.4 is 4.90 Å². The summed E-state index contributed by atoms with van der Waals surface area (Å²) >= 11 is 0. The summed E-state index contributed by atoms with van der Waals surface area (Å²) in [7, 11) is 0. The van der Waals surface area contributed by atoms with Crippen molar-refractivity contribution in [2.24, 2.45) is 0 Å². The Hall–Kier alpha value is -5.02. The highest BCUT2D eigenvalue weighted by atomic mass is 16.3. The molecule has 2 aromatic heterocycles. The van der Waals surface area contributed by atoms with Gasteiger partial charge in [0.25, 0.3) is 0 Å². The van der Waals surface area contributed by atoms with Crippen LogP contribution in [0.1, 0.15) is 0 Å². The topological polar surface area (TPSA) is 29.5 Å². The van der Waals surface area contributed by atoms with Gasteiger partial charge in [-0.2, -0.15) is 0 Å². The maximum absolute atomic E-state index is 6.24. The molecule has 0 saturated carbocycles. The molecule has 174 valence electrons. The first-order valence-electron chi connectivity index (χ1n) is 12.4. The lowest BCUT2D eigenvalue weighted by Crippen LogP contribution is -2.10. The molecule has 0 aliphatic heterocycles. The number of hydrogen-bond donors (Lipinski definition) is 0. The minimum absolute atomic E-state index is 0.878. The zero-order chi connectivity index (χ0) is 24.3. The van der Waals surface area contributed by atoms with Crippen LogP contribution in [-0.2, 0) is 0 Å². The number of hydrogen-bond acceptors (Lipinski definition) is 3. The minimum atomic E-state index is 0.878. The molecular formula is C34H21NO2. The predicted octanol–water partition coefficient (Wildman–Crippen LogP) is 10.1. The first kappa shape index (κ1) is 20.2. The summed E-state index contributed by atoms with van der Waals surface area (Å²) in [5.74, 6) is 0. The lowest BCUT2D eigenvalue weighted by molar-refractivity contribution is 0.668. The summed E-state index contributed by atoms with van der Waals surface area (Å²) in [5.41, 5.74) is 6.83. The fourth-order valence-corrected chi connectivity index (χ4v) is 5.62. The molecule has 37 heavy (non-hydrogen) atoms. The Labute approximate surface area is 212 Å². The molecule has 0 saturated heterocycles. The molecule has 8 rings (SSSR count). The average Bonchev–Trinajstić information content (AvgIpc) is 3.53. The van der Waals surface area contributed by atoms with E-state index >= 15 is 0 Å². The Morgan fingerprint density at radius 1 is 0.405 bits per heavy atom. The second kappa shape index (κ2) is 7.74. The molecule has 0 unspecified atom stereocenters. The van der Waals surface area contributed by atoms with Crippen molar-refractivity contribution in [1.82, 2.24) is 0 Å². The van der Waals surface area contributed by atoms with Crippen LogP contribution in [0.25, 0.3) is 54.6 Å². The Bertz CT molecular complexity index is 2100. The van der Waals surface area contributed by atoms with Gasteiger partial charge < -0.3 is 13.7 Å². The Morgan fingerprint density at radius 3 is 1.81 bits per heavy atom. The molecule has 0 fully saturated rings. The van der Waals surface area contributed by atoms with E-state index in [9.17, 15) is 0 Å². The summed E-state index contributed by atoms with van der Waals surface area (Å²) in [5, 5.41) is 6.85. The van der Waals surface area contributed by atoms with Gasteiger partial charge in [-0.1, -0.05) is 72.8 Å². The second-order valence-electron chi connectivity index (χ2n) is 9.36. The number of furan rings is 2. The summed E-state index contributed by atoms with van der Waals surface area (Å²) < 4.78 is 12.4. The molecule has 0 aliphatic rings. The molecule has 0 bridgehead atoms. The summed E-state index contributed by atoms with van der Waals surface area (Å²) in [6.45, 7) is 0. The van der Waals surface area contributed by atoms with Crippen LogP contribution in [0.2, 0.25) is 0 Å². The lowest BCUT2D eigenvalue weighted by Gasteiger charge is -2.26. The maximum atomic E-state index is 6.24. The van der Waals surface area contributed by atoms with E-state index in [-0.39, 0.29) is 0 Å². The SMILES string of the molecule is c1ccc(N(c2ccc3ccc4oc5ccccc5c4c3c2)c2cccc3oc4ccccc4c23)cc1. The molecule has 8 aromatic rings. The number of fused-ring (bicyclic) bond motifs is 8. The van der Waals surface area contributed by atoms with Crippen LogP contribution in [-0.4, -0.2) is 0 Å². The van der Waals surface area contributed by atoms with E-state index in [0.29, 0.717) is 0 Å². The van der Waals surface area contributed by atoms with Gasteiger partial charge in [-0.3, -0.25) is 0 Å². The molecule has 0 N–H and O–H groups in total. The molecule has 3 nitrogen and oxygen atoms in total. The Kier molecular flexibility index (Phi) is 4.23. The number of nitrogens with zero attached hydrogens (tertiary/aromatic N) is 1. The van der Waals surface area contributed by atoms with Crippen molar-refractivity contribution in [3.05, 3.63) is 127 Å². The highest BCUT2D eigenvalue weighted by Crippen LogP contribution is 2.44. The zero-order valence-electron chi connectivity index (χ0n) is 19.9. The van der Waals surface area contributed by atoms with E-state index in [1.807, 2.05) is 30.3 Å². The van der Waals surface area contributed by atoms with Crippen molar-refractivity contribution >= 4 is 71.7 Å². The number of benzene rings is 6. The Morgan fingerprint density at radius 2 is 1.03 bits per heavy atom. The van der Waals surface area contributed by atoms with Crippen molar-refractivity contribution in [1.29, 1.82) is 0 Å². The van der Waals surface area contributed by atoms with Gasteiger partial charge >= 0.3 is 0 Å². The molecule has 3 heteroatoms. The minimum Gasteiger partial charge on any atom is -0.456 e. The van der Waals surface area contributed by atoms with Gasteiger partial charge in [-0.15, -0.1) is 0 Å². The zero-order valence-corrected chi connectivity index (χ0v) is 19.9. The van der Waals surface area contributed by atoms with Crippen molar-refractivity contribution in [2.45, 2.75) is 0 Å². The van der Waals surface area contributed by atoms with E-state index in [4.69, 9.17) is 8.83 Å². The first-order chi connectivity index (χ1) is 18.3. The summed E-state index contributed by atoms with van der Waals surface area (Å²) in [4.78, 5) is 2.32.